The quantitative estimate of drug-likeness (QED) is 0.870. The van der Waals surface area contributed by atoms with Crippen molar-refractivity contribution in [2.75, 3.05) is 18.1 Å². The highest BCUT2D eigenvalue weighted by Gasteiger charge is 2.41. The Morgan fingerprint density at radius 2 is 2.10 bits per heavy atom. The summed E-state index contributed by atoms with van der Waals surface area (Å²) in [5, 5.41) is 12.0. The summed E-state index contributed by atoms with van der Waals surface area (Å²) in [6.45, 7) is 0.555. The van der Waals surface area contributed by atoms with Crippen LogP contribution in [0.2, 0.25) is 0 Å². The van der Waals surface area contributed by atoms with Gasteiger partial charge in [0.05, 0.1) is 11.1 Å². The first-order valence-electron chi connectivity index (χ1n) is 6.01. The molecular formula is C13H14F3NO2S. The average Bonchev–Trinajstić information content (AvgIpc) is 3.15. The van der Waals surface area contributed by atoms with Crippen molar-refractivity contribution in [3.8, 4) is 0 Å². The molecule has 0 aliphatic heterocycles. The van der Waals surface area contributed by atoms with E-state index in [9.17, 15) is 18.0 Å². The lowest BCUT2D eigenvalue weighted by atomic mass is 10.1. The van der Waals surface area contributed by atoms with E-state index in [0.717, 1.165) is 18.9 Å². The highest BCUT2D eigenvalue weighted by Crippen LogP contribution is 2.47. The van der Waals surface area contributed by atoms with Gasteiger partial charge in [-0.25, -0.2) is 4.79 Å². The smallest absolute Gasteiger partial charge is 0.416 e. The molecule has 0 spiro atoms. The molecule has 1 fully saturated rings. The van der Waals surface area contributed by atoms with Gasteiger partial charge in [-0.15, -0.1) is 0 Å². The first kappa shape index (κ1) is 15.0. The van der Waals surface area contributed by atoms with Crippen LogP contribution in [-0.2, 0) is 6.18 Å². The maximum Gasteiger partial charge on any atom is 0.416 e. The number of carbonyl (C=O) groups is 1. The zero-order valence-electron chi connectivity index (χ0n) is 10.8. The summed E-state index contributed by atoms with van der Waals surface area (Å²) < 4.78 is 37.9. The summed E-state index contributed by atoms with van der Waals surface area (Å²) in [5.41, 5.74) is -1.07. The SMILES string of the molecule is CSC1(CNc2ccc(C(F)(F)F)cc2C(=O)O)CC1. The van der Waals surface area contributed by atoms with Gasteiger partial charge in [-0.2, -0.15) is 24.9 Å². The van der Waals surface area contributed by atoms with Crippen LogP contribution < -0.4 is 5.32 Å². The zero-order valence-corrected chi connectivity index (χ0v) is 11.6. The summed E-state index contributed by atoms with van der Waals surface area (Å²) in [4.78, 5) is 11.1. The maximum atomic E-state index is 12.6. The molecule has 0 radical (unpaired) electrons. The number of rotatable bonds is 5. The molecule has 1 aliphatic carbocycles. The van der Waals surface area contributed by atoms with Gasteiger partial charge < -0.3 is 10.4 Å². The Morgan fingerprint density at radius 3 is 2.55 bits per heavy atom. The van der Waals surface area contributed by atoms with Gasteiger partial charge in [0.15, 0.2) is 0 Å². The molecule has 0 bridgehead atoms. The van der Waals surface area contributed by atoms with Crippen molar-refractivity contribution in [2.45, 2.75) is 23.8 Å². The van der Waals surface area contributed by atoms with E-state index in [0.29, 0.717) is 12.6 Å². The minimum Gasteiger partial charge on any atom is -0.478 e. The van der Waals surface area contributed by atoms with E-state index < -0.39 is 17.7 Å². The molecule has 1 aromatic carbocycles. The first-order chi connectivity index (χ1) is 9.27. The van der Waals surface area contributed by atoms with Gasteiger partial charge >= 0.3 is 12.1 Å². The van der Waals surface area contributed by atoms with Gasteiger partial charge in [0.1, 0.15) is 0 Å². The largest absolute Gasteiger partial charge is 0.478 e. The molecule has 1 saturated carbocycles. The summed E-state index contributed by atoms with van der Waals surface area (Å²) >= 11 is 1.69. The third-order valence-corrected chi connectivity index (χ3v) is 4.84. The molecule has 110 valence electrons. The second-order valence-corrected chi connectivity index (χ2v) is 6.08. The monoisotopic (exact) mass is 305 g/mol. The van der Waals surface area contributed by atoms with E-state index in [1.54, 1.807) is 11.8 Å². The van der Waals surface area contributed by atoms with Crippen molar-refractivity contribution in [3.63, 3.8) is 0 Å². The molecule has 3 nitrogen and oxygen atoms in total. The summed E-state index contributed by atoms with van der Waals surface area (Å²) in [6.07, 6.45) is -0.506. The van der Waals surface area contributed by atoms with Crippen molar-refractivity contribution >= 4 is 23.4 Å². The Morgan fingerprint density at radius 1 is 1.45 bits per heavy atom. The normalized spacial score (nSPS) is 16.8. The molecule has 7 heteroatoms. The van der Waals surface area contributed by atoms with Crippen LogP contribution in [-0.4, -0.2) is 28.6 Å². The Hall–Kier alpha value is -1.37. The predicted molar refractivity (Wildman–Crippen MR) is 72.4 cm³/mol. The molecule has 0 amide bonds. The first-order valence-corrected chi connectivity index (χ1v) is 7.23. The Labute approximate surface area is 118 Å². The van der Waals surface area contributed by atoms with Gasteiger partial charge in [0, 0.05) is 17.0 Å². The number of carboxylic acid groups (broad SMARTS) is 1. The van der Waals surface area contributed by atoms with Gasteiger partial charge in [-0.05, 0) is 37.3 Å². The Kier molecular flexibility index (Phi) is 3.90. The van der Waals surface area contributed by atoms with E-state index in [-0.39, 0.29) is 16.0 Å². The van der Waals surface area contributed by atoms with Crippen LogP contribution in [0, 0.1) is 0 Å². The number of hydrogen-bond acceptors (Lipinski definition) is 3. The fraction of sp³-hybridized carbons (Fsp3) is 0.462. The minimum absolute atomic E-state index is 0.0957. The molecule has 0 saturated heterocycles. The van der Waals surface area contributed by atoms with E-state index in [2.05, 4.69) is 5.32 Å². The standard InChI is InChI=1S/C13H14F3NO2S/c1-20-12(4-5-12)7-17-10-3-2-8(13(14,15)16)6-9(10)11(18)19/h2-3,6,17H,4-5,7H2,1H3,(H,18,19). The van der Waals surface area contributed by atoms with E-state index in [4.69, 9.17) is 5.11 Å². The van der Waals surface area contributed by atoms with E-state index in [1.165, 1.54) is 6.07 Å². The molecule has 0 heterocycles. The molecule has 20 heavy (non-hydrogen) atoms. The van der Waals surface area contributed by atoms with Crippen LogP contribution in [0.1, 0.15) is 28.8 Å². The highest BCUT2D eigenvalue weighted by molar-refractivity contribution is 8.00. The second kappa shape index (κ2) is 5.20. The van der Waals surface area contributed by atoms with Crippen molar-refractivity contribution in [1.29, 1.82) is 0 Å². The third-order valence-electron chi connectivity index (χ3n) is 3.42. The third kappa shape index (κ3) is 3.20. The second-order valence-electron chi connectivity index (χ2n) is 4.80. The fourth-order valence-electron chi connectivity index (χ4n) is 1.90. The zero-order chi connectivity index (χ0) is 15.0. The topological polar surface area (TPSA) is 49.3 Å². The van der Waals surface area contributed by atoms with Crippen LogP contribution in [0.4, 0.5) is 18.9 Å². The minimum atomic E-state index is -4.54. The van der Waals surface area contributed by atoms with Crippen molar-refractivity contribution in [1.82, 2.24) is 0 Å². The highest BCUT2D eigenvalue weighted by atomic mass is 32.2. The summed E-state index contributed by atoms with van der Waals surface area (Å²) in [6, 6.07) is 2.75. The van der Waals surface area contributed by atoms with E-state index >= 15 is 0 Å². The van der Waals surface area contributed by atoms with Gasteiger partial charge in [-0.3, -0.25) is 0 Å². The Bertz CT molecular complexity index is 527. The van der Waals surface area contributed by atoms with E-state index in [1.807, 2.05) is 6.26 Å². The van der Waals surface area contributed by atoms with Crippen LogP contribution in [0.3, 0.4) is 0 Å². The average molecular weight is 305 g/mol. The number of benzene rings is 1. The Balaban J connectivity index is 2.22. The number of hydrogen-bond donors (Lipinski definition) is 2. The number of carboxylic acids is 1. The van der Waals surface area contributed by atoms with Crippen LogP contribution in [0.25, 0.3) is 0 Å². The van der Waals surface area contributed by atoms with Gasteiger partial charge in [-0.1, -0.05) is 0 Å². The van der Waals surface area contributed by atoms with Gasteiger partial charge in [0.25, 0.3) is 0 Å². The number of nitrogens with one attached hydrogen (secondary N) is 1. The number of alkyl halides is 3. The lowest BCUT2D eigenvalue weighted by molar-refractivity contribution is -0.137. The van der Waals surface area contributed by atoms with Gasteiger partial charge in [0.2, 0.25) is 0 Å². The number of anilines is 1. The fourth-order valence-corrected chi connectivity index (χ4v) is 2.63. The molecule has 1 aromatic rings. The maximum absolute atomic E-state index is 12.6. The van der Waals surface area contributed by atoms with Crippen LogP contribution >= 0.6 is 11.8 Å². The lowest BCUT2D eigenvalue weighted by Crippen LogP contribution is -2.19. The molecule has 0 atom stereocenters. The summed E-state index contributed by atoms with van der Waals surface area (Å²) in [5.74, 6) is -1.37. The van der Waals surface area contributed by atoms with Crippen molar-refractivity contribution < 1.29 is 23.1 Å². The number of aromatic carboxylic acids is 1. The molecule has 2 rings (SSSR count). The predicted octanol–water partition coefficient (Wildman–Crippen LogP) is 3.71. The molecule has 2 N–H and O–H groups in total. The molecule has 1 aliphatic rings. The number of thioether (sulfide) groups is 1. The molecule has 0 aromatic heterocycles. The number of halogens is 3. The molecule has 0 unspecified atom stereocenters. The lowest BCUT2D eigenvalue weighted by Gasteiger charge is -2.17. The summed E-state index contributed by atoms with van der Waals surface area (Å²) in [7, 11) is 0. The van der Waals surface area contributed by atoms with Crippen molar-refractivity contribution in [3.05, 3.63) is 29.3 Å². The van der Waals surface area contributed by atoms with Crippen LogP contribution in [0.15, 0.2) is 18.2 Å². The van der Waals surface area contributed by atoms with Crippen molar-refractivity contribution in [2.24, 2.45) is 0 Å². The van der Waals surface area contributed by atoms with Crippen LogP contribution in [0.5, 0.6) is 0 Å². The molecular weight excluding hydrogens is 291 g/mol.